The number of hydrogen-bond donors (Lipinski definition) is 1. The van der Waals surface area contributed by atoms with Crippen molar-refractivity contribution in [1.29, 1.82) is 0 Å². The molecule has 2 N–H and O–H groups in total. The van der Waals surface area contributed by atoms with Crippen LogP contribution >= 0.6 is 0 Å². The lowest BCUT2D eigenvalue weighted by Gasteiger charge is -2.26. The Morgan fingerprint density at radius 3 is 2.00 bits per heavy atom. The number of carbonyl (C=O) groups excluding carboxylic acids is 1. The minimum Gasteiger partial charge on any atom is -0.444 e. The van der Waals surface area contributed by atoms with E-state index in [-0.39, 0.29) is 6.09 Å². The van der Waals surface area contributed by atoms with E-state index in [0.717, 1.165) is 6.42 Å². The van der Waals surface area contributed by atoms with Gasteiger partial charge in [0, 0.05) is 13.1 Å². The SMILES string of the molecule is C=C.C=CCCN(CC=C)C(=O)OC(C)(C)C.CN. The van der Waals surface area contributed by atoms with E-state index in [4.69, 9.17) is 4.74 Å². The molecule has 0 aromatic rings. The molecule has 0 aliphatic heterocycles. The summed E-state index contributed by atoms with van der Waals surface area (Å²) in [5, 5.41) is 0. The smallest absolute Gasteiger partial charge is 0.410 e. The summed E-state index contributed by atoms with van der Waals surface area (Å²) in [4.78, 5) is 13.3. The first-order valence-electron chi connectivity index (χ1n) is 6.18. The highest BCUT2D eigenvalue weighted by atomic mass is 16.6. The predicted molar refractivity (Wildman–Crippen MR) is 84.2 cm³/mol. The second-order valence-electron chi connectivity index (χ2n) is 4.29. The number of rotatable bonds is 5. The molecule has 0 atom stereocenters. The molecule has 0 saturated carbocycles. The second-order valence-corrected chi connectivity index (χ2v) is 4.29. The van der Waals surface area contributed by atoms with E-state index in [2.05, 4.69) is 32.0 Å². The highest BCUT2D eigenvalue weighted by Gasteiger charge is 2.20. The fourth-order valence-corrected chi connectivity index (χ4v) is 0.987. The Bertz CT molecular complexity index is 245. The molecular formula is C15H30N2O2. The van der Waals surface area contributed by atoms with Gasteiger partial charge in [-0.05, 0) is 34.2 Å². The average Bonchev–Trinajstić information content (AvgIpc) is 2.37. The minimum absolute atomic E-state index is 0.302. The van der Waals surface area contributed by atoms with Gasteiger partial charge in [-0.25, -0.2) is 4.79 Å². The summed E-state index contributed by atoms with van der Waals surface area (Å²) >= 11 is 0. The van der Waals surface area contributed by atoms with E-state index in [9.17, 15) is 4.79 Å². The number of nitrogens with zero attached hydrogens (tertiary/aromatic N) is 1. The standard InChI is InChI=1S/C12H21NO2.C2H4.CH5N/c1-6-8-10-13(9-7-2)11(14)15-12(3,4)5;2*1-2/h6-7H,1-2,8-10H2,3-5H3;1-2H2;2H2,1H3. The summed E-state index contributed by atoms with van der Waals surface area (Å²) in [6.45, 7) is 19.9. The van der Waals surface area contributed by atoms with Crippen molar-refractivity contribution in [2.24, 2.45) is 5.73 Å². The summed E-state index contributed by atoms with van der Waals surface area (Å²) in [5.41, 5.74) is 4.05. The van der Waals surface area contributed by atoms with Gasteiger partial charge in [-0.15, -0.1) is 26.3 Å². The molecule has 0 aromatic heterocycles. The number of nitrogens with two attached hydrogens (primary N) is 1. The van der Waals surface area contributed by atoms with Crippen LogP contribution in [-0.4, -0.2) is 36.7 Å². The highest BCUT2D eigenvalue weighted by molar-refractivity contribution is 5.68. The Balaban J connectivity index is -0.000000579. The molecule has 0 spiro atoms. The van der Waals surface area contributed by atoms with Crippen LogP contribution in [0.2, 0.25) is 0 Å². The van der Waals surface area contributed by atoms with E-state index >= 15 is 0 Å². The van der Waals surface area contributed by atoms with Crippen LogP contribution in [0.5, 0.6) is 0 Å². The second kappa shape index (κ2) is 14.5. The fraction of sp³-hybridized carbons (Fsp3) is 0.533. The lowest BCUT2D eigenvalue weighted by Crippen LogP contribution is -2.37. The number of amides is 1. The van der Waals surface area contributed by atoms with Crippen LogP contribution in [0.3, 0.4) is 0 Å². The van der Waals surface area contributed by atoms with Gasteiger partial charge in [0.1, 0.15) is 5.60 Å². The summed E-state index contributed by atoms with van der Waals surface area (Å²) in [7, 11) is 1.50. The minimum atomic E-state index is -0.454. The number of hydrogen-bond acceptors (Lipinski definition) is 3. The van der Waals surface area contributed by atoms with E-state index in [1.165, 1.54) is 7.05 Å². The van der Waals surface area contributed by atoms with Gasteiger partial charge in [-0.2, -0.15) is 0 Å². The van der Waals surface area contributed by atoms with Crippen molar-refractivity contribution in [2.75, 3.05) is 20.1 Å². The third-order valence-electron chi connectivity index (χ3n) is 1.60. The Morgan fingerprint density at radius 2 is 1.68 bits per heavy atom. The molecule has 4 heteroatoms. The predicted octanol–water partition coefficient (Wildman–Crippen LogP) is 3.36. The summed E-state index contributed by atoms with van der Waals surface area (Å²) in [5.74, 6) is 0. The van der Waals surface area contributed by atoms with Crippen molar-refractivity contribution in [3.8, 4) is 0 Å². The lowest BCUT2D eigenvalue weighted by atomic mass is 10.2. The topological polar surface area (TPSA) is 55.6 Å². The van der Waals surface area contributed by atoms with Crippen LogP contribution < -0.4 is 5.73 Å². The van der Waals surface area contributed by atoms with Crippen LogP contribution in [0.15, 0.2) is 38.5 Å². The monoisotopic (exact) mass is 270 g/mol. The van der Waals surface area contributed by atoms with Crippen molar-refractivity contribution < 1.29 is 9.53 Å². The molecule has 0 fully saturated rings. The van der Waals surface area contributed by atoms with Gasteiger partial charge < -0.3 is 15.4 Å². The first-order valence-corrected chi connectivity index (χ1v) is 6.18. The van der Waals surface area contributed by atoms with Crippen LogP contribution in [0.25, 0.3) is 0 Å². The number of ether oxygens (including phenoxy) is 1. The zero-order valence-electron chi connectivity index (χ0n) is 12.9. The lowest BCUT2D eigenvalue weighted by molar-refractivity contribution is 0.0275. The van der Waals surface area contributed by atoms with Crippen molar-refractivity contribution in [1.82, 2.24) is 4.90 Å². The molecule has 0 aliphatic rings. The third-order valence-corrected chi connectivity index (χ3v) is 1.60. The quantitative estimate of drug-likeness (QED) is 0.779. The van der Waals surface area contributed by atoms with Gasteiger partial charge in [0.2, 0.25) is 0 Å². The number of carbonyl (C=O) groups is 1. The van der Waals surface area contributed by atoms with E-state index < -0.39 is 5.60 Å². The van der Waals surface area contributed by atoms with Gasteiger partial charge >= 0.3 is 6.09 Å². The molecule has 1 amide bonds. The molecule has 0 bridgehead atoms. The normalized spacial score (nSPS) is 8.89. The maximum Gasteiger partial charge on any atom is 0.410 e. The largest absolute Gasteiger partial charge is 0.444 e. The van der Waals surface area contributed by atoms with Gasteiger partial charge in [0.25, 0.3) is 0 Å². The molecule has 0 unspecified atom stereocenters. The first-order chi connectivity index (χ1) is 8.90. The average molecular weight is 270 g/mol. The molecule has 0 rings (SSSR count). The van der Waals surface area contributed by atoms with Gasteiger partial charge in [0.15, 0.2) is 0 Å². The van der Waals surface area contributed by atoms with E-state index in [0.29, 0.717) is 13.1 Å². The Morgan fingerprint density at radius 1 is 1.21 bits per heavy atom. The van der Waals surface area contributed by atoms with Crippen LogP contribution in [0.1, 0.15) is 27.2 Å². The Kier molecular flexibility index (Phi) is 17.3. The van der Waals surface area contributed by atoms with Crippen LogP contribution in [0, 0.1) is 0 Å². The van der Waals surface area contributed by atoms with E-state index in [1.807, 2.05) is 20.8 Å². The molecule has 0 radical (unpaired) electrons. The maximum atomic E-state index is 11.7. The van der Waals surface area contributed by atoms with Gasteiger partial charge in [-0.1, -0.05) is 12.2 Å². The molecule has 0 aliphatic carbocycles. The maximum absolute atomic E-state index is 11.7. The van der Waals surface area contributed by atoms with Gasteiger partial charge in [0.05, 0.1) is 0 Å². The molecule has 112 valence electrons. The first kappa shape index (κ1) is 22.6. The Labute approximate surface area is 118 Å². The molecule has 0 saturated heterocycles. The third kappa shape index (κ3) is 16.4. The van der Waals surface area contributed by atoms with Crippen molar-refractivity contribution >= 4 is 6.09 Å². The summed E-state index contributed by atoms with van der Waals surface area (Å²) < 4.78 is 5.25. The van der Waals surface area contributed by atoms with Crippen LogP contribution in [0.4, 0.5) is 4.79 Å². The zero-order valence-corrected chi connectivity index (χ0v) is 12.9. The van der Waals surface area contributed by atoms with E-state index in [1.54, 1.807) is 17.1 Å². The van der Waals surface area contributed by atoms with Crippen molar-refractivity contribution in [3.63, 3.8) is 0 Å². The molecule has 0 heterocycles. The summed E-state index contributed by atoms with van der Waals surface area (Å²) in [6.07, 6.45) is 3.92. The molecule has 0 aromatic carbocycles. The van der Waals surface area contributed by atoms with Crippen molar-refractivity contribution in [2.45, 2.75) is 32.8 Å². The van der Waals surface area contributed by atoms with Crippen molar-refractivity contribution in [3.05, 3.63) is 38.5 Å². The summed E-state index contributed by atoms with van der Waals surface area (Å²) in [6, 6.07) is 0. The molecule has 4 nitrogen and oxygen atoms in total. The Hall–Kier alpha value is -1.55. The fourth-order valence-electron chi connectivity index (χ4n) is 0.987. The highest BCUT2D eigenvalue weighted by Crippen LogP contribution is 2.10. The molecular weight excluding hydrogens is 240 g/mol. The van der Waals surface area contributed by atoms with Crippen LogP contribution in [-0.2, 0) is 4.74 Å². The molecule has 19 heavy (non-hydrogen) atoms. The van der Waals surface area contributed by atoms with Gasteiger partial charge in [-0.3, -0.25) is 0 Å². The zero-order chi connectivity index (χ0) is 15.9.